The van der Waals surface area contributed by atoms with E-state index in [2.05, 4.69) is 4.98 Å². The molecule has 200 valence electrons. The molecule has 1 saturated carbocycles. The van der Waals surface area contributed by atoms with Crippen molar-refractivity contribution in [2.24, 2.45) is 5.92 Å². The number of anilines is 1. The van der Waals surface area contributed by atoms with E-state index in [1.54, 1.807) is 6.92 Å². The third-order valence-electron chi connectivity index (χ3n) is 6.27. The van der Waals surface area contributed by atoms with Gasteiger partial charge in [0.25, 0.3) is 5.91 Å². The van der Waals surface area contributed by atoms with E-state index < -0.39 is 76.0 Å². The van der Waals surface area contributed by atoms with Gasteiger partial charge in [0.05, 0.1) is 11.9 Å². The van der Waals surface area contributed by atoms with Crippen molar-refractivity contribution in [1.82, 2.24) is 14.9 Å². The summed E-state index contributed by atoms with van der Waals surface area (Å²) in [5.41, 5.74) is -3.29. The monoisotopic (exact) mass is 540 g/mol. The van der Waals surface area contributed by atoms with E-state index in [4.69, 9.17) is 4.74 Å². The number of rotatable bonds is 5. The predicted octanol–water partition coefficient (Wildman–Crippen LogP) is 4.22. The van der Waals surface area contributed by atoms with Crippen molar-refractivity contribution >= 4 is 28.9 Å². The van der Waals surface area contributed by atoms with Gasteiger partial charge in [-0.1, -0.05) is 0 Å². The molecule has 0 spiro atoms. The highest BCUT2D eigenvalue weighted by Gasteiger charge is 2.50. The van der Waals surface area contributed by atoms with E-state index in [1.807, 2.05) is 5.32 Å². The Kier molecular flexibility index (Phi) is 6.07. The number of halogens is 6. The molecule has 5 rings (SSSR count). The lowest BCUT2D eigenvalue weighted by Gasteiger charge is -2.22. The van der Waals surface area contributed by atoms with Gasteiger partial charge < -0.3 is 10.1 Å². The first-order valence-corrected chi connectivity index (χ1v) is 11.4. The molecule has 2 amide bonds. The highest BCUT2D eigenvalue weighted by molar-refractivity contribution is 5.98. The Morgan fingerprint density at radius 3 is 2.34 bits per heavy atom. The molecule has 14 heteroatoms. The van der Waals surface area contributed by atoms with Gasteiger partial charge in [-0.05, 0) is 37.8 Å². The number of ether oxygens (including phenoxy) is 1. The number of nitrogens with one attached hydrogen (secondary N) is 1. The fourth-order valence-corrected chi connectivity index (χ4v) is 4.35. The number of cyclic esters (lactones) is 1. The zero-order chi connectivity index (χ0) is 27.5. The van der Waals surface area contributed by atoms with Crippen LogP contribution in [0.2, 0.25) is 0 Å². The average molecular weight is 540 g/mol. The molecule has 0 bridgehead atoms. The topological polar surface area (TPSA) is 93.5 Å². The van der Waals surface area contributed by atoms with Crippen LogP contribution in [0, 0.1) is 23.4 Å². The number of pyridine rings is 2. The Balaban J connectivity index is 1.70. The first-order valence-electron chi connectivity index (χ1n) is 11.4. The van der Waals surface area contributed by atoms with Crippen LogP contribution >= 0.6 is 0 Å². The molecule has 2 aromatic heterocycles. The van der Waals surface area contributed by atoms with Crippen molar-refractivity contribution in [1.29, 1.82) is 0 Å². The van der Waals surface area contributed by atoms with Crippen molar-refractivity contribution in [3.8, 4) is 5.69 Å². The molecule has 38 heavy (non-hydrogen) atoms. The highest BCUT2D eigenvalue weighted by atomic mass is 19.4. The van der Waals surface area contributed by atoms with Crippen LogP contribution in [0.25, 0.3) is 16.7 Å². The number of hydrogen-bond acceptors (Lipinski definition) is 5. The second-order valence-corrected chi connectivity index (χ2v) is 9.14. The summed E-state index contributed by atoms with van der Waals surface area (Å²) >= 11 is 0. The highest BCUT2D eigenvalue weighted by Crippen LogP contribution is 2.40. The van der Waals surface area contributed by atoms with E-state index in [0.29, 0.717) is 22.9 Å². The Morgan fingerprint density at radius 2 is 1.79 bits per heavy atom. The predicted molar refractivity (Wildman–Crippen MR) is 121 cm³/mol. The fourth-order valence-electron chi connectivity index (χ4n) is 4.35. The fraction of sp³-hybridized carbons (Fsp3) is 0.333. The number of aromatic nitrogens is 2. The summed E-state index contributed by atoms with van der Waals surface area (Å²) in [6.45, 7) is 1.68. The van der Waals surface area contributed by atoms with Crippen LogP contribution in [-0.2, 0) is 4.74 Å². The lowest BCUT2D eigenvalue weighted by Crippen LogP contribution is -2.48. The van der Waals surface area contributed by atoms with Gasteiger partial charge in [0.15, 0.2) is 17.3 Å². The third kappa shape index (κ3) is 4.54. The summed E-state index contributed by atoms with van der Waals surface area (Å²) in [6, 6.07) is 0.804. The Hall–Kier alpha value is -4.10. The summed E-state index contributed by atoms with van der Waals surface area (Å²) in [5, 5.41) is 1.42. The van der Waals surface area contributed by atoms with Crippen molar-refractivity contribution in [3.63, 3.8) is 0 Å². The number of carbonyl (C=O) groups excluding carboxylic acids is 2. The summed E-state index contributed by atoms with van der Waals surface area (Å²) < 4.78 is 89.4. The Bertz CT molecular complexity index is 1510. The summed E-state index contributed by atoms with van der Waals surface area (Å²) in [6.07, 6.45) is -4.98. The molecule has 1 aromatic carbocycles. The molecule has 3 aromatic rings. The zero-order valence-corrected chi connectivity index (χ0v) is 19.5. The number of carbonyl (C=O) groups is 2. The molecule has 0 radical (unpaired) electrons. The lowest BCUT2D eigenvalue weighted by molar-refractivity contribution is -0.158. The van der Waals surface area contributed by atoms with Gasteiger partial charge in [-0.3, -0.25) is 19.1 Å². The number of fused-ring (bicyclic) bond motifs is 1. The quantitative estimate of drug-likeness (QED) is 0.490. The van der Waals surface area contributed by atoms with Gasteiger partial charge in [-0.15, -0.1) is 0 Å². The molecule has 1 aliphatic carbocycles. The van der Waals surface area contributed by atoms with Gasteiger partial charge in [0, 0.05) is 18.3 Å². The normalized spacial score (nSPS) is 18.6. The summed E-state index contributed by atoms with van der Waals surface area (Å²) in [7, 11) is 0. The minimum atomic E-state index is -4.79. The smallest absolute Gasteiger partial charge is 0.415 e. The minimum absolute atomic E-state index is 0.0639. The first kappa shape index (κ1) is 25.5. The van der Waals surface area contributed by atoms with E-state index in [0.717, 1.165) is 11.0 Å². The first-order chi connectivity index (χ1) is 17.8. The van der Waals surface area contributed by atoms with Crippen molar-refractivity contribution < 1.29 is 40.7 Å². The molecular formula is C24H18F6N4O4. The maximum atomic E-state index is 14.8. The largest absolute Gasteiger partial charge is 0.444 e. The van der Waals surface area contributed by atoms with Crippen molar-refractivity contribution in [2.75, 3.05) is 11.4 Å². The summed E-state index contributed by atoms with van der Waals surface area (Å²) in [5.74, 6) is -6.47. The van der Waals surface area contributed by atoms with Crippen LogP contribution in [0.3, 0.4) is 0 Å². The van der Waals surface area contributed by atoms with Crippen LogP contribution in [0.5, 0.6) is 0 Å². The van der Waals surface area contributed by atoms with E-state index in [9.17, 15) is 40.7 Å². The third-order valence-corrected chi connectivity index (χ3v) is 6.27. The van der Waals surface area contributed by atoms with Crippen LogP contribution in [-0.4, -0.2) is 46.4 Å². The molecular weight excluding hydrogens is 522 g/mol. The lowest BCUT2D eigenvalue weighted by atomic mass is 10.1. The van der Waals surface area contributed by atoms with E-state index in [-0.39, 0.29) is 30.6 Å². The van der Waals surface area contributed by atoms with Gasteiger partial charge in [0.1, 0.15) is 35.0 Å². The summed E-state index contributed by atoms with van der Waals surface area (Å²) in [4.78, 5) is 43.5. The number of amides is 2. The SMILES string of the molecule is C[C@H]1CN(c2ccc3c(=O)c(C(=O)NC(C4CC4)C(F)(F)F)cn(-c4c(F)cc(F)cc4F)c3n2)C(=O)O1. The number of benzene rings is 1. The second kappa shape index (κ2) is 9.03. The maximum absolute atomic E-state index is 14.8. The van der Waals surface area contributed by atoms with E-state index in [1.165, 1.54) is 6.07 Å². The Labute approximate surface area is 209 Å². The van der Waals surface area contributed by atoms with Crippen LogP contribution in [0.15, 0.2) is 35.3 Å². The van der Waals surface area contributed by atoms with Gasteiger partial charge in [0.2, 0.25) is 5.43 Å². The number of alkyl halides is 3. The van der Waals surface area contributed by atoms with Gasteiger partial charge in [-0.2, -0.15) is 13.2 Å². The number of nitrogens with zero attached hydrogens (tertiary/aromatic N) is 3. The number of hydrogen-bond donors (Lipinski definition) is 1. The maximum Gasteiger partial charge on any atom is 0.415 e. The van der Waals surface area contributed by atoms with Crippen LogP contribution in [0.1, 0.15) is 30.1 Å². The molecule has 1 saturated heterocycles. The molecule has 1 N–H and O–H groups in total. The molecule has 2 fully saturated rings. The van der Waals surface area contributed by atoms with Crippen molar-refractivity contribution in [2.45, 2.75) is 38.1 Å². The molecule has 2 aliphatic rings. The van der Waals surface area contributed by atoms with Crippen molar-refractivity contribution in [3.05, 3.63) is 63.7 Å². The molecule has 1 unspecified atom stereocenters. The minimum Gasteiger partial charge on any atom is -0.444 e. The van der Waals surface area contributed by atoms with Crippen LogP contribution in [0.4, 0.5) is 37.0 Å². The molecule has 1 aliphatic heterocycles. The van der Waals surface area contributed by atoms with Gasteiger partial charge >= 0.3 is 12.3 Å². The molecule has 3 heterocycles. The second-order valence-electron chi connectivity index (χ2n) is 9.14. The van der Waals surface area contributed by atoms with Crippen LogP contribution < -0.4 is 15.6 Å². The van der Waals surface area contributed by atoms with Gasteiger partial charge in [-0.25, -0.2) is 22.9 Å². The molecule has 8 nitrogen and oxygen atoms in total. The average Bonchev–Trinajstić information content (AvgIpc) is 3.59. The zero-order valence-electron chi connectivity index (χ0n) is 19.5. The molecule has 2 atom stereocenters. The van der Waals surface area contributed by atoms with E-state index >= 15 is 0 Å². The standard InChI is InChI=1S/C24H18F6N4O4/c1-10-8-33(23(37)38-10)17-5-4-13-19(35)14(22(36)32-20(11-2-3-11)24(28,29)30)9-34(21(13)31-17)18-15(26)6-12(25)7-16(18)27/h4-7,9-11,20H,2-3,8H2,1H3,(H,32,36)/t10-,20?/m0/s1. The Morgan fingerprint density at radius 1 is 1.13 bits per heavy atom.